The largest absolute Gasteiger partial charge is 0.416 e. The number of alkyl halides is 3. The van der Waals surface area contributed by atoms with Gasteiger partial charge in [0, 0.05) is 30.4 Å². The molecule has 1 amide bonds. The van der Waals surface area contributed by atoms with Gasteiger partial charge in [-0.15, -0.1) is 11.3 Å². The number of amides is 1. The van der Waals surface area contributed by atoms with E-state index in [1.165, 1.54) is 10.4 Å². The highest BCUT2D eigenvalue weighted by molar-refractivity contribution is 7.10. The molecule has 1 fully saturated rings. The third kappa shape index (κ3) is 4.25. The quantitative estimate of drug-likeness (QED) is 0.743. The van der Waals surface area contributed by atoms with E-state index in [1.54, 1.807) is 23.5 Å². The molecule has 3 heterocycles. The van der Waals surface area contributed by atoms with Gasteiger partial charge in [-0.1, -0.05) is 12.1 Å². The smallest absolute Gasteiger partial charge is 0.338 e. The van der Waals surface area contributed by atoms with Crippen LogP contribution in [0.4, 0.5) is 13.2 Å². The number of hydrogen-bond acceptors (Lipinski definition) is 3. The van der Waals surface area contributed by atoms with Gasteiger partial charge in [-0.05, 0) is 67.1 Å². The van der Waals surface area contributed by atoms with E-state index in [1.807, 2.05) is 4.90 Å². The molecular formula is C21H23F3N2OS. The van der Waals surface area contributed by atoms with Crippen molar-refractivity contribution in [1.82, 2.24) is 9.80 Å². The summed E-state index contributed by atoms with van der Waals surface area (Å²) in [6, 6.07) is 7.49. The van der Waals surface area contributed by atoms with Gasteiger partial charge in [0.15, 0.2) is 0 Å². The Balaban J connectivity index is 1.28. The van der Waals surface area contributed by atoms with Gasteiger partial charge in [0.05, 0.1) is 5.56 Å². The fourth-order valence-electron chi connectivity index (χ4n) is 4.09. The summed E-state index contributed by atoms with van der Waals surface area (Å²) in [6.45, 7) is 3.76. The predicted molar refractivity (Wildman–Crippen MR) is 103 cm³/mol. The summed E-state index contributed by atoms with van der Waals surface area (Å²) in [5.74, 6) is 0.315. The summed E-state index contributed by atoms with van der Waals surface area (Å²) in [7, 11) is 0. The summed E-state index contributed by atoms with van der Waals surface area (Å²) < 4.78 is 38.0. The minimum Gasteiger partial charge on any atom is -0.338 e. The van der Waals surface area contributed by atoms with Crippen LogP contribution in [0.25, 0.3) is 0 Å². The third-order valence-corrected chi connectivity index (χ3v) is 6.77. The van der Waals surface area contributed by atoms with Crippen molar-refractivity contribution in [2.75, 3.05) is 19.6 Å². The number of thiophene rings is 1. The van der Waals surface area contributed by atoms with Gasteiger partial charge >= 0.3 is 6.18 Å². The van der Waals surface area contributed by atoms with E-state index in [4.69, 9.17) is 0 Å². The van der Waals surface area contributed by atoms with E-state index >= 15 is 0 Å². The number of piperidine rings is 1. The summed E-state index contributed by atoms with van der Waals surface area (Å²) in [6.07, 6.45) is -1.72. The lowest BCUT2D eigenvalue weighted by molar-refractivity contribution is -0.138. The topological polar surface area (TPSA) is 23.6 Å². The molecule has 0 N–H and O–H groups in total. The van der Waals surface area contributed by atoms with Crippen LogP contribution in [-0.4, -0.2) is 35.3 Å². The van der Waals surface area contributed by atoms with E-state index in [0.717, 1.165) is 63.1 Å². The molecule has 3 nitrogen and oxygen atoms in total. The fraction of sp³-hybridized carbons (Fsp3) is 0.476. The van der Waals surface area contributed by atoms with Gasteiger partial charge in [0.1, 0.15) is 0 Å². The number of fused-ring (bicyclic) bond motifs is 1. The molecule has 1 aromatic heterocycles. The van der Waals surface area contributed by atoms with Gasteiger partial charge in [-0.3, -0.25) is 9.69 Å². The molecule has 0 radical (unpaired) electrons. The molecule has 1 aromatic carbocycles. The third-order valence-electron chi connectivity index (χ3n) is 5.74. The number of halogens is 3. The zero-order chi connectivity index (χ0) is 19.7. The summed E-state index contributed by atoms with van der Waals surface area (Å²) >= 11 is 1.77. The molecule has 0 unspecified atom stereocenters. The molecule has 28 heavy (non-hydrogen) atoms. The van der Waals surface area contributed by atoms with Gasteiger partial charge in [0.25, 0.3) is 0 Å². The second-order valence-electron chi connectivity index (χ2n) is 7.62. The number of carbonyl (C=O) groups excluding carboxylic acids is 1. The number of rotatable bonds is 3. The van der Waals surface area contributed by atoms with Crippen LogP contribution < -0.4 is 0 Å². The number of benzene rings is 1. The molecule has 7 heteroatoms. The van der Waals surface area contributed by atoms with Crippen molar-refractivity contribution in [1.29, 1.82) is 0 Å². The molecule has 0 aliphatic carbocycles. The van der Waals surface area contributed by atoms with Crippen molar-refractivity contribution in [3.8, 4) is 0 Å². The molecule has 0 saturated carbocycles. The SMILES string of the molecule is O=C(C1CCN(Cc2ccc(C(F)(F)F)cc2)CC1)N1CCc2sccc2C1. The summed E-state index contributed by atoms with van der Waals surface area (Å²) in [5.41, 5.74) is 1.54. The molecule has 1 saturated heterocycles. The first-order valence-electron chi connectivity index (χ1n) is 9.62. The Hall–Kier alpha value is -1.86. The van der Waals surface area contributed by atoms with Crippen molar-refractivity contribution >= 4 is 17.2 Å². The molecule has 2 aliphatic rings. The standard InChI is InChI=1S/C21H23F3N2OS/c22-21(23,24)18-3-1-15(2-4-18)13-25-9-5-16(6-10-25)20(27)26-11-7-19-17(14-26)8-12-28-19/h1-4,8,12,16H,5-7,9-11,13-14H2. The summed E-state index contributed by atoms with van der Waals surface area (Å²) in [5, 5.41) is 2.10. The molecule has 4 rings (SSSR count). The first kappa shape index (κ1) is 19.5. The Morgan fingerprint density at radius 3 is 2.46 bits per heavy atom. The van der Waals surface area contributed by atoms with Crippen molar-refractivity contribution in [3.63, 3.8) is 0 Å². The Labute approximate surface area is 166 Å². The van der Waals surface area contributed by atoms with E-state index < -0.39 is 11.7 Å². The van der Waals surface area contributed by atoms with Crippen molar-refractivity contribution in [2.45, 2.75) is 38.5 Å². The fourth-order valence-corrected chi connectivity index (χ4v) is 4.98. The second kappa shape index (κ2) is 7.87. The lowest BCUT2D eigenvalue weighted by Gasteiger charge is -2.35. The molecular weight excluding hydrogens is 385 g/mol. The number of nitrogens with zero attached hydrogens (tertiary/aromatic N) is 2. The van der Waals surface area contributed by atoms with Crippen molar-refractivity contribution in [3.05, 3.63) is 57.3 Å². The Bertz CT molecular complexity index is 823. The van der Waals surface area contributed by atoms with Crippen LogP contribution in [0.2, 0.25) is 0 Å². The lowest BCUT2D eigenvalue weighted by Crippen LogP contribution is -2.43. The Kier molecular flexibility index (Phi) is 5.47. The molecule has 0 spiro atoms. The molecule has 2 aliphatic heterocycles. The number of likely N-dealkylation sites (tertiary alicyclic amines) is 1. The number of hydrogen-bond donors (Lipinski definition) is 0. The monoisotopic (exact) mass is 408 g/mol. The highest BCUT2D eigenvalue weighted by Gasteiger charge is 2.31. The highest BCUT2D eigenvalue weighted by atomic mass is 32.1. The van der Waals surface area contributed by atoms with Gasteiger partial charge in [-0.25, -0.2) is 0 Å². The average Bonchev–Trinajstić information content (AvgIpc) is 3.15. The molecule has 150 valence electrons. The van der Waals surface area contributed by atoms with Gasteiger partial charge in [-0.2, -0.15) is 13.2 Å². The predicted octanol–water partition coefficient (Wildman–Crippen LogP) is 4.56. The highest BCUT2D eigenvalue weighted by Crippen LogP contribution is 2.30. The van der Waals surface area contributed by atoms with Crippen molar-refractivity contribution in [2.24, 2.45) is 5.92 Å². The van der Waals surface area contributed by atoms with Crippen LogP contribution in [0, 0.1) is 5.92 Å². The van der Waals surface area contributed by atoms with E-state index in [-0.39, 0.29) is 11.8 Å². The van der Waals surface area contributed by atoms with Crippen LogP contribution >= 0.6 is 11.3 Å². The van der Waals surface area contributed by atoms with E-state index in [2.05, 4.69) is 16.3 Å². The van der Waals surface area contributed by atoms with Crippen LogP contribution in [0.5, 0.6) is 0 Å². The molecule has 0 atom stereocenters. The first-order chi connectivity index (χ1) is 13.4. The van der Waals surface area contributed by atoms with Gasteiger partial charge in [0.2, 0.25) is 5.91 Å². The van der Waals surface area contributed by atoms with Crippen LogP contribution in [0.1, 0.15) is 34.4 Å². The van der Waals surface area contributed by atoms with Crippen LogP contribution in [0.15, 0.2) is 35.7 Å². The summed E-state index contributed by atoms with van der Waals surface area (Å²) in [4.78, 5) is 18.5. The van der Waals surface area contributed by atoms with Crippen LogP contribution in [0.3, 0.4) is 0 Å². The van der Waals surface area contributed by atoms with Crippen LogP contribution in [-0.2, 0) is 30.5 Å². The zero-order valence-electron chi connectivity index (χ0n) is 15.5. The average molecular weight is 408 g/mol. The number of carbonyl (C=O) groups is 1. The minimum atomic E-state index is -4.30. The maximum atomic E-state index is 12.9. The van der Waals surface area contributed by atoms with Gasteiger partial charge < -0.3 is 4.90 Å². The normalized spacial score (nSPS) is 18.9. The van der Waals surface area contributed by atoms with Crippen molar-refractivity contribution < 1.29 is 18.0 Å². The van der Waals surface area contributed by atoms with E-state index in [0.29, 0.717) is 6.54 Å². The molecule has 2 aromatic rings. The maximum Gasteiger partial charge on any atom is 0.416 e. The van der Waals surface area contributed by atoms with E-state index in [9.17, 15) is 18.0 Å². The lowest BCUT2D eigenvalue weighted by atomic mass is 9.94. The minimum absolute atomic E-state index is 0.0593. The Morgan fingerprint density at radius 2 is 1.79 bits per heavy atom. The maximum absolute atomic E-state index is 12.9. The second-order valence-corrected chi connectivity index (χ2v) is 8.62. The zero-order valence-corrected chi connectivity index (χ0v) is 16.4. The first-order valence-corrected chi connectivity index (χ1v) is 10.5. The Morgan fingerprint density at radius 1 is 1.07 bits per heavy atom. The molecule has 0 bridgehead atoms.